The van der Waals surface area contributed by atoms with Gasteiger partial charge in [-0.1, -0.05) is 12.1 Å². The van der Waals surface area contributed by atoms with Crippen molar-refractivity contribution in [2.24, 2.45) is 0 Å². The molecule has 176 valence electrons. The van der Waals surface area contributed by atoms with Gasteiger partial charge in [0, 0.05) is 24.8 Å². The fourth-order valence-corrected chi connectivity index (χ4v) is 6.18. The van der Waals surface area contributed by atoms with Crippen molar-refractivity contribution >= 4 is 5.91 Å². The molecule has 2 unspecified atom stereocenters. The molecule has 32 heavy (non-hydrogen) atoms. The minimum absolute atomic E-state index is 0.0541. The lowest BCUT2D eigenvalue weighted by atomic mass is 9.80. The molecule has 1 aliphatic carbocycles. The molecular weight excluding hydrogens is 404 g/mol. The Morgan fingerprint density at radius 1 is 1.00 bits per heavy atom. The van der Waals surface area contributed by atoms with Crippen molar-refractivity contribution in [2.75, 3.05) is 32.9 Å². The highest BCUT2D eigenvalue weighted by atomic mass is 16.5. The summed E-state index contributed by atoms with van der Waals surface area (Å²) < 4.78 is 18.5. The first-order valence-electron chi connectivity index (χ1n) is 12.7. The van der Waals surface area contributed by atoms with Crippen LogP contribution in [0.5, 0.6) is 5.75 Å². The molecule has 5 aliphatic rings. The number of carbonyl (C=O) groups excluding carboxylic acids is 1. The SMILES string of the molecule is Cc1cccc2c1C1CCC(CC1)OCC1[C@@H](NC(=O)C3CCCO3)CCCN1CCO2. The van der Waals surface area contributed by atoms with E-state index in [1.54, 1.807) is 0 Å². The molecule has 6 rings (SSSR count). The lowest BCUT2D eigenvalue weighted by molar-refractivity contribution is -0.132. The van der Waals surface area contributed by atoms with Crippen LogP contribution in [0.1, 0.15) is 68.4 Å². The van der Waals surface area contributed by atoms with Gasteiger partial charge >= 0.3 is 0 Å². The predicted molar refractivity (Wildman–Crippen MR) is 123 cm³/mol. The summed E-state index contributed by atoms with van der Waals surface area (Å²) in [6.07, 6.45) is 8.42. The van der Waals surface area contributed by atoms with E-state index >= 15 is 0 Å². The standard InChI is InChI=1S/C26H38N2O4/c1-18-5-2-7-23-25(18)19-9-11-20(12-10-19)32-17-22-21(6-3-13-28(22)14-16-31-23)27-26(29)24-8-4-15-30-24/h2,5,7,19-22,24H,3-4,6,8-17H2,1H3,(H,27,29)/t19?,20?,21-,22?,24?/m0/s1. The van der Waals surface area contributed by atoms with Crippen LogP contribution in [0.2, 0.25) is 0 Å². The van der Waals surface area contributed by atoms with Crippen molar-refractivity contribution in [1.82, 2.24) is 10.2 Å². The number of aryl methyl sites for hydroxylation is 1. The highest BCUT2D eigenvalue weighted by Gasteiger charge is 2.36. The van der Waals surface area contributed by atoms with Gasteiger partial charge in [0.2, 0.25) is 5.91 Å². The monoisotopic (exact) mass is 442 g/mol. The lowest BCUT2D eigenvalue weighted by Gasteiger charge is -2.42. The maximum Gasteiger partial charge on any atom is 0.249 e. The zero-order chi connectivity index (χ0) is 21.9. The number of piperidine rings is 1. The Morgan fingerprint density at radius 2 is 1.88 bits per heavy atom. The van der Waals surface area contributed by atoms with E-state index in [9.17, 15) is 4.79 Å². The molecule has 2 saturated heterocycles. The number of nitrogens with one attached hydrogen (secondary N) is 1. The molecule has 1 aromatic rings. The molecule has 1 saturated carbocycles. The van der Waals surface area contributed by atoms with Crippen molar-refractivity contribution in [3.05, 3.63) is 29.3 Å². The summed E-state index contributed by atoms with van der Waals surface area (Å²) in [6.45, 7) is 6.13. The van der Waals surface area contributed by atoms with E-state index in [4.69, 9.17) is 14.2 Å². The minimum Gasteiger partial charge on any atom is -0.492 e. The molecule has 1 aromatic carbocycles. The van der Waals surface area contributed by atoms with Crippen LogP contribution in [0.3, 0.4) is 0 Å². The molecule has 0 spiro atoms. The average molecular weight is 443 g/mol. The van der Waals surface area contributed by atoms with Gasteiger partial charge in [-0.05, 0) is 82.4 Å². The summed E-state index contributed by atoms with van der Waals surface area (Å²) in [6, 6.07) is 6.76. The zero-order valence-corrected chi connectivity index (χ0v) is 19.4. The molecule has 4 aliphatic heterocycles. The number of hydrogen-bond acceptors (Lipinski definition) is 5. The van der Waals surface area contributed by atoms with Crippen LogP contribution in [-0.2, 0) is 14.3 Å². The van der Waals surface area contributed by atoms with Gasteiger partial charge in [-0.25, -0.2) is 0 Å². The van der Waals surface area contributed by atoms with Gasteiger partial charge in [-0.15, -0.1) is 0 Å². The topological polar surface area (TPSA) is 60.0 Å². The third-order valence-corrected chi connectivity index (χ3v) is 7.95. The molecular formula is C26H38N2O4. The van der Waals surface area contributed by atoms with E-state index in [0.29, 0.717) is 31.8 Å². The third-order valence-electron chi connectivity index (χ3n) is 7.95. The molecule has 6 nitrogen and oxygen atoms in total. The number of nitrogens with zero attached hydrogens (tertiary/aromatic N) is 1. The number of carbonyl (C=O) groups is 1. The van der Waals surface area contributed by atoms with Crippen LogP contribution in [-0.4, -0.2) is 68.0 Å². The Hall–Kier alpha value is -1.63. The van der Waals surface area contributed by atoms with E-state index < -0.39 is 0 Å². The number of benzene rings is 1. The first-order valence-corrected chi connectivity index (χ1v) is 12.7. The summed E-state index contributed by atoms with van der Waals surface area (Å²) in [5.74, 6) is 1.68. The molecule has 3 fully saturated rings. The number of fused-ring (bicyclic) bond motifs is 5. The molecule has 0 radical (unpaired) electrons. The van der Waals surface area contributed by atoms with E-state index in [1.807, 2.05) is 0 Å². The maximum absolute atomic E-state index is 12.8. The van der Waals surface area contributed by atoms with Crippen LogP contribution in [0.25, 0.3) is 0 Å². The number of amides is 1. The average Bonchev–Trinajstić information content (AvgIpc) is 3.34. The molecule has 6 heteroatoms. The summed E-state index contributed by atoms with van der Waals surface area (Å²) in [5.41, 5.74) is 2.75. The molecule has 1 amide bonds. The fraction of sp³-hybridized carbons (Fsp3) is 0.731. The van der Waals surface area contributed by atoms with Crippen molar-refractivity contribution in [3.63, 3.8) is 0 Å². The number of ether oxygens (including phenoxy) is 3. The van der Waals surface area contributed by atoms with Crippen molar-refractivity contribution in [2.45, 2.75) is 88.5 Å². The minimum atomic E-state index is -0.278. The largest absolute Gasteiger partial charge is 0.492 e. The Kier molecular flexibility index (Phi) is 7.00. The first-order chi connectivity index (χ1) is 15.7. The molecule has 4 heterocycles. The quantitative estimate of drug-likeness (QED) is 0.759. The Bertz CT molecular complexity index is 786. The van der Waals surface area contributed by atoms with Gasteiger partial charge < -0.3 is 19.5 Å². The van der Waals surface area contributed by atoms with E-state index in [2.05, 4.69) is 35.3 Å². The number of rotatable bonds is 2. The predicted octanol–water partition coefficient (Wildman–Crippen LogP) is 3.56. The van der Waals surface area contributed by atoms with Gasteiger partial charge in [-0.2, -0.15) is 0 Å². The zero-order valence-electron chi connectivity index (χ0n) is 19.4. The van der Waals surface area contributed by atoms with Crippen LogP contribution >= 0.6 is 0 Å². The fourth-order valence-electron chi connectivity index (χ4n) is 6.18. The van der Waals surface area contributed by atoms with E-state index in [-0.39, 0.29) is 24.1 Å². The lowest BCUT2D eigenvalue weighted by Crippen LogP contribution is -2.59. The van der Waals surface area contributed by atoms with Gasteiger partial charge in [0.15, 0.2) is 0 Å². The smallest absolute Gasteiger partial charge is 0.249 e. The van der Waals surface area contributed by atoms with Crippen LogP contribution < -0.4 is 10.1 Å². The van der Waals surface area contributed by atoms with Crippen LogP contribution in [0, 0.1) is 6.92 Å². The van der Waals surface area contributed by atoms with E-state index in [1.165, 1.54) is 11.1 Å². The van der Waals surface area contributed by atoms with Crippen molar-refractivity contribution in [3.8, 4) is 5.75 Å². The molecule has 0 aromatic heterocycles. The van der Waals surface area contributed by atoms with Gasteiger partial charge in [0.25, 0.3) is 0 Å². The third kappa shape index (κ3) is 4.82. The van der Waals surface area contributed by atoms with Gasteiger partial charge in [-0.3, -0.25) is 9.69 Å². The second-order valence-corrected chi connectivity index (χ2v) is 10.0. The second kappa shape index (κ2) is 10.1. The van der Waals surface area contributed by atoms with Crippen molar-refractivity contribution < 1.29 is 19.0 Å². The van der Waals surface area contributed by atoms with Gasteiger partial charge in [0.1, 0.15) is 18.5 Å². The Labute approximate surface area is 192 Å². The summed E-state index contributed by atoms with van der Waals surface area (Å²) in [4.78, 5) is 15.3. The number of hydrogen-bond donors (Lipinski definition) is 1. The second-order valence-electron chi connectivity index (χ2n) is 10.0. The first kappa shape index (κ1) is 22.2. The molecule has 3 atom stereocenters. The highest BCUT2D eigenvalue weighted by molar-refractivity contribution is 5.81. The highest BCUT2D eigenvalue weighted by Crippen LogP contribution is 2.40. The van der Waals surface area contributed by atoms with Crippen molar-refractivity contribution in [1.29, 1.82) is 0 Å². The Morgan fingerprint density at radius 3 is 2.69 bits per heavy atom. The summed E-state index contributed by atoms with van der Waals surface area (Å²) in [7, 11) is 0. The Balaban J connectivity index is 1.33. The maximum atomic E-state index is 12.8. The molecule has 2 bridgehead atoms. The van der Waals surface area contributed by atoms with Crippen LogP contribution in [0.4, 0.5) is 0 Å². The van der Waals surface area contributed by atoms with E-state index in [0.717, 1.165) is 70.2 Å². The normalized spacial score (nSPS) is 33.7. The van der Waals surface area contributed by atoms with Crippen LogP contribution in [0.15, 0.2) is 18.2 Å². The van der Waals surface area contributed by atoms with Gasteiger partial charge in [0.05, 0.1) is 18.8 Å². The summed E-state index contributed by atoms with van der Waals surface area (Å²) >= 11 is 0. The molecule has 1 N–H and O–H groups in total. The summed E-state index contributed by atoms with van der Waals surface area (Å²) in [5, 5.41) is 3.32.